The minimum Gasteiger partial charge on any atom is -0.453 e. The van der Waals surface area contributed by atoms with Crippen LogP contribution in [0.25, 0.3) is 0 Å². The molecule has 3 aromatic rings. The van der Waals surface area contributed by atoms with Crippen molar-refractivity contribution in [3.63, 3.8) is 0 Å². The molecular formula is C23H25N3O4S. The van der Waals surface area contributed by atoms with Gasteiger partial charge in [0.2, 0.25) is 0 Å². The zero-order valence-electron chi connectivity index (χ0n) is 17.3. The first-order chi connectivity index (χ1) is 15.0. The summed E-state index contributed by atoms with van der Waals surface area (Å²) in [6.45, 7) is 2.12. The van der Waals surface area contributed by atoms with Crippen molar-refractivity contribution in [1.29, 1.82) is 0 Å². The van der Waals surface area contributed by atoms with Gasteiger partial charge in [0, 0.05) is 11.9 Å². The summed E-state index contributed by atoms with van der Waals surface area (Å²) in [5.74, 6) is 1.45. The molecule has 1 aliphatic heterocycles. The van der Waals surface area contributed by atoms with Crippen molar-refractivity contribution < 1.29 is 17.7 Å². The summed E-state index contributed by atoms with van der Waals surface area (Å²) in [5.41, 5.74) is 2.51. The number of fused-ring (bicyclic) bond motifs is 2. The Bertz CT molecular complexity index is 1120. The van der Waals surface area contributed by atoms with Crippen LogP contribution < -0.4 is 9.64 Å². The summed E-state index contributed by atoms with van der Waals surface area (Å²) >= 11 is 0. The third-order valence-corrected chi connectivity index (χ3v) is 6.00. The number of rotatable bonds is 8. The van der Waals surface area contributed by atoms with Gasteiger partial charge in [-0.25, -0.2) is 9.97 Å². The molecule has 2 aromatic carbocycles. The number of hydrogen-bond acceptors (Lipinski definition) is 6. The third-order valence-electron chi connectivity index (χ3n) is 5.25. The molecule has 4 rings (SSSR count). The van der Waals surface area contributed by atoms with Crippen LogP contribution in [0.15, 0.2) is 60.8 Å². The topological polar surface area (TPSA) is 92.6 Å². The van der Waals surface area contributed by atoms with E-state index in [0.29, 0.717) is 17.3 Å². The van der Waals surface area contributed by atoms with Crippen LogP contribution in [0.3, 0.4) is 0 Å². The number of hydrogen-bond donors (Lipinski definition) is 1. The lowest BCUT2D eigenvalue weighted by Crippen LogP contribution is -2.30. The highest BCUT2D eigenvalue weighted by molar-refractivity contribution is 7.85. The second-order valence-corrected chi connectivity index (χ2v) is 9.08. The Morgan fingerprint density at radius 1 is 1.03 bits per heavy atom. The van der Waals surface area contributed by atoms with E-state index in [4.69, 9.17) is 9.72 Å². The van der Waals surface area contributed by atoms with E-state index in [0.717, 1.165) is 36.3 Å². The summed E-state index contributed by atoms with van der Waals surface area (Å²) in [6, 6.07) is 16.6. The zero-order chi connectivity index (χ0) is 21.8. The highest BCUT2D eigenvalue weighted by atomic mass is 32.2. The Balaban J connectivity index is 1.83. The van der Waals surface area contributed by atoms with E-state index >= 15 is 0 Å². The van der Waals surface area contributed by atoms with Gasteiger partial charge in [0.15, 0.2) is 17.3 Å². The lowest BCUT2D eigenvalue weighted by molar-refractivity contribution is 0.458. The summed E-state index contributed by atoms with van der Waals surface area (Å²) in [5, 5.41) is 0. The van der Waals surface area contributed by atoms with Crippen molar-refractivity contribution in [2.24, 2.45) is 0 Å². The second-order valence-electron chi connectivity index (χ2n) is 7.51. The molecule has 0 aliphatic carbocycles. The summed E-state index contributed by atoms with van der Waals surface area (Å²) in [4.78, 5) is 11.3. The SMILES string of the molecule is CCCCc1ccnc(C(CCS(=O)(=O)O)N2c3ccccc3Oc3ccccc32)n1. The fourth-order valence-corrected chi connectivity index (χ4v) is 4.29. The maximum absolute atomic E-state index is 11.6. The van der Waals surface area contributed by atoms with Gasteiger partial charge in [0.25, 0.3) is 10.1 Å². The van der Waals surface area contributed by atoms with Gasteiger partial charge in [-0.3, -0.25) is 4.55 Å². The zero-order valence-corrected chi connectivity index (χ0v) is 18.1. The Morgan fingerprint density at radius 2 is 1.68 bits per heavy atom. The number of anilines is 2. The van der Waals surface area contributed by atoms with E-state index in [1.54, 1.807) is 6.20 Å². The highest BCUT2D eigenvalue weighted by Gasteiger charge is 2.33. The van der Waals surface area contributed by atoms with E-state index in [-0.39, 0.29) is 6.42 Å². The number of unbranched alkanes of at least 4 members (excludes halogenated alkanes) is 1. The quantitative estimate of drug-likeness (QED) is 0.489. The van der Waals surface area contributed by atoms with Crippen LogP contribution in [-0.4, -0.2) is 28.7 Å². The van der Waals surface area contributed by atoms with Gasteiger partial charge >= 0.3 is 0 Å². The molecule has 1 atom stereocenters. The van der Waals surface area contributed by atoms with Crippen molar-refractivity contribution >= 4 is 21.5 Å². The lowest BCUT2D eigenvalue weighted by Gasteiger charge is -2.37. The molecule has 0 spiro atoms. The predicted molar refractivity (Wildman–Crippen MR) is 120 cm³/mol. The molecule has 0 saturated carbocycles. The van der Waals surface area contributed by atoms with Crippen molar-refractivity contribution in [3.8, 4) is 11.5 Å². The van der Waals surface area contributed by atoms with Gasteiger partial charge in [-0.15, -0.1) is 0 Å². The Labute approximate surface area is 182 Å². The minimum atomic E-state index is -4.16. The van der Waals surface area contributed by atoms with Crippen LogP contribution in [0, 0.1) is 0 Å². The van der Waals surface area contributed by atoms with Crippen molar-refractivity contribution in [3.05, 3.63) is 72.3 Å². The maximum atomic E-state index is 11.6. The molecule has 7 nitrogen and oxygen atoms in total. The summed E-state index contributed by atoms with van der Waals surface area (Å²) < 4.78 is 38.8. The molecule has 1 aliphatic rings. The second kappa shape index (κ2) is 9.03. The number of aromatic nitrogens is 2. The molecule has 1 aromatic heterocycles. The summed E-state index contributed by atoms with van der Waals surface area (Å²) in [7, 11) is -4.16. The Kier molecular flexibility index (Phi) is 6.20. The van der Waals surface area contributed by atoms with Crippen molar-refractivity contribution in [2.45, 2.75) is 38.6 Å². The van der Waals surface area contributed by atoms with Crippen LogP contribution in [0.5, 0.6) is 11.5 Å². The molecule has 0 bridgehead atoms. The fraction of sp³-hybridized carbons (Fsp3) is 0.304. The minimum absolute atomic E-state index is 0.124. The first kappa shape index (κ1) is 21.3. The fourth-order valence-electron chi connectivity index (χ4n) is 3.77. The molecule has 31 heavy (non-hydrogen) atoms. The number of benzene rings is 2. The van der Waals surface area contributed by atoms with Gasteiger partial charge in [-0.1, -0.05) is 37.6 Å². The number of nitrogens with zero attached hydrogens (tertiary/aromatic N) is 3. The molecule has 2 heterocycles. The molecular weight excluding hydrogens is 414 g/mol. The van der Waals surface area contributed by atoms with E-state index in [1.165, 1.54) is 0 Å². The van der Waals surface area contributed by atoms with Crippen LogP contribution in [-0.2, 0) is 16.5 Å². The van der Waals surface area contributed by atoms with Crippen LogP contribution >= 0.6 is 0 Å². The normalized spacial score (nSPS) is 13.8. The lowest BCUT2D eigenvalue weighted by atomic mass is 10.1. The van der Waals surface area contributed by atoms with E-state index in [1.807, 2.05) is 59.5 Å². The average Bonchev–Trinajstić information content (AvgIpc) is 2.76. The first-order valence-corrected chi connectivity index (χ1v) is 12.0. The molecule has 0 amide bonds. The largest absolute Gasteiger partial charge is 0.453 e. The molecule has 162 valence electrons. The monoisotopic (exact) mass is 439 g/mol. The number of aryl methyl sites for hydroxylation is 1. The van der Waals surface area contributed by atoms with E-state index in [2.05, 4.69) is 11.9 Å². The van der Waals surface area contributed by atoms with E-state index < -0.39 is 21.9 Å². The van der Waals surface area contributed by atoms with Gasteiger partial charge in [-0.05, 0) is 49.6 Å². The molecule has 0 radical (unpaired) electrons. The predicted octanol–water partition coefficient (Wildman–Crippen LogP) is 5.08. The third kappa shape index (κ3) is 4.86. The van der Waals surface area contributed by atoms with E-state index in [9.17, 15) is 13.0 Å². The van der Waals surface area contributed by atoms with Gasteiger partial charge in [0.1, 0.15) is 0 Å². The first-order valence-electron chi connectivity index (χ1n) is 10.4. The molecule has 0 saturated heterocycles. The smallest absolute Gasteiger partial charge is 0.264 e. The van der Waals surface area contributed by atoms with Crippen molar-refractivity contribution in [2.75, 3.05) is 10.7 Å². The van der Waals surface area contributed by atoms with Gasteiger partial charge in [-0.2, -0.15) is 8.42 Å². The van der Waals surface area contributed by atoms with Gasteiger partial charge in [0.05, 0.1) is 23.2 Å². The Hall–Kier alpha value is -2.97. The molecule has 8 heteroatoms. The number of para-hydroxylation sites is 4. The molecule has 1 unspecified atom stereocenters. The van der Waals surface area contributed by atoms with Crippen LogP contribution in [0.2, 0.25) is 0 Å². The van der Waals surface area contributed by atoms with Crippen LogP contribution in [0.1, 0.15) is 43.7 Å². The van der Waals surface area contributed by atoms with Crippen LogP contribution in [0.4, 0.5) is 11.4 Å². The standard InChI is InChI=1S/C23H25N3O4S/c1-2-3-8-17-13-15-24-23(25-17)20(14-16-31(27,28)29)26-18-9-4-6-11-21(18)30-22-12-7-5-10-19(22)26/h4-7,9-13,15,20H,2-3,8,14,16H2,1H3,(H,27,28,29). The maximum Gasteiger partial charge on any atom is 0.264 e. The molecule has 0 fully saturated rings. The van der Waals surface area contributed by atoms with Gasteiger partial charge < -0.3 is 9.64 Å². The Morgan fingerprint density at radius 3 is 2.29 bits per heavy atom. The van der Waals surface area contributed by atoms with Crippen molar-refractivity contribution in [1.82, 2.24) is 9.97 Å². The highest BCUT2D eigenvalue weighted by Crippen LogP contribution is 2.50. The average molecular weight is 440 g/mol. The molecule has 1 N–H and O–H groups in total. The summed E-state index contributed by atoms with van der Waals surface area (Å²) in [6.07, 6.45) is 4.73. The number of ether oxygens (including phenoxy) is 1.